The van der Waals surface area contributed by atoms with Crippen molar-refractivity contribution in [2.75, 3.05) is 6.61 Å². The minimum absolute atomic E-state index is 0.0795. The Balaban J connectivity index is 1.69. The van der Waals surface area contributed by atoms with Crippen molar-refractivity contribution in [3.63, 3.8) is 0 Å². The van der Waals surface area contributed by atoms with E-state index in [4.69, 9.17) is 4.74 Å². The lowest BCUT2D eigenvalue weighted by Gasteiger charge is -2.20. The van der Waals surface area contributed by atoms with Gasteiger partial charge in [0.05, 0.1) is 11.4 Å². The third-order valence-corrected chi connectivity index (χ3v) is 4.68. The van der Waals surface area contributed by atoms with Gasteiger partial charge in [0.25, 0.3) is 0 Å². The Bertz CT molecular complexity index is 673. The number of hydrogen-bond donors (Lipinski definition) is 1. The third-order valence-electron chi connectivity index (χ3n) is 4.68. The lowest BCUT2D eigenvalue weighted by Crippen LogP contribution is -2.32. The number of nitrogens with zero attached hydrogens (tertiary/aromatic N) is 4. The van der Waals surface area contributed by atoms with Gasteiger partial charge in [-0.05, 0) is 40.2 Å². The molecule has 6 nitrogen and oxygen atoms in total. The van der Waals surface area contributed by atoms with Crippen LogP contribution in [0.4, 0.5) is 0 Å². The van der Waals surface area contributed by atoms with Crippen molar-refractivity contribution in [3.05, 3.63) is 34.9 Å². The van der Waals surface area contributed by atoms with E-state index in [1.54, 1.807) is 0 Å². The second-order valence-electron chi connectivity index (χ2n) is 6.66. The Labute approximate surface area is 137 Å². The van der Waals surface area contributed by atoms with Crippen molar-refractivity contribution in [2.24, 2.45) is 7.05 Å². The number of nitrogens with one attached hydrogen (secondary N) is 1. The molecule has 0 bridgehead atoms. The summed E-state index contributed by atoms with van der Waals surface area (Å²) >= 11 is 0. The molecule has 1 fully saturated rings. The van der Waals surface area contributed by atoms with Gasteiger partial charge in [0.15, 0.2) is 0 Å². The highest BCUT2D eigenvalue weighted by atomic mass is 16.5. The molecule has 2 aromatic heterocycles. The number of aryl methyl sites for hydroxylation is 2. The summed E-state index contributed by atoms with van der Waals surface area (Å²) in [6.45, 7) is 10.0. The Hall–Kier alpha value is -1.66. The van der Waals surface area contributed by atoms with Crippen molar-refractivity contribution in [1.29, 1.82) is 0 Å². The SMILES string of the molecule is Cc1nn(C)c(C)c1[C@@H]1OCC[C@H]1NCc1ccn(C(C)C)n1. The fourth-order valence-electron chi connectivity index (χ4n) is 3.28. The van der Waals surface area contributed by atoms with Crippen LogP contribution in [0.5, 0.6) is 0 Å². The first-order valence-corrected chi connectivity index (χ1v) is 8.36. The van der Waals surface area contributed by atoms with Crippen LogP contribution in [0.15, 0.2) is 12.3 Å². The third kappa shape index (κ3) is 3.19. The van der Waals surface area contributed by atoms with Crippen LogP contribution >= 0.6 is 0 Å². The zero-order chi connectivity index (χ0) is 16.6. The van der Waals surface area contributed by atoms with Gasteiger partial charge in [0.2, 0.25) is 0 Å². The first kappa shape index (κ1) is 16.2. The zero-order valence-corrected chi connectivity index (χ0v) is 14.7. The standard InChI is InChI=1S/C17H27N5O/c1-11(2)22-8-6-14(20-22)10-18-15-7-9-23-17(15)16-12(3)19-21(5)13(16)4/h6,8,11,15,17-18H,7,9-10H2,1-5H3/t15-,17-/m1/s1. The first-order chi connectivity index (χ1) is 11.0. The van der Waals surface area contributed by atoms with Gasteiger partial charge < -0.3 is 10.1 Å². The Kier molecular flexibility index (Phi) is 4.55. The molecule has 126 valence electrons. The summed E-state index contributed by atoms with van der Waals surface area (Å²) in [5, 5.41) is 12.8. The number of hydrogen-bond acceptors (Lipinski definition) is 4. The molecule has 1 saturated heterocycles. The molecule has 0 unspecified atom stereocenters. The van der Waals surface area contributed by atoms with Crippen molar-refractivity contribution >= 4 is 0 Å². The molecule has 0 spiro atoms. The van der Waals surface area contributed by atoms with E-state index < -0.39 is 0 Å². The summed E-state index contributed by atoms with van der Waals surface area (Å²) < 4.78 is 9.95. The van der Waals surface area contributed by atoms with E-state index in [1.165, 1.54) is 11.3 Å². The van der Waals surface area contributed by atoms with Crippen LogP contribution in [-0.2, 0) is 18.3 Å². The van der Waals surface area contributed by atoms with E-state index in [0.717, 1.165) is 31.0 Å². The van der Waals surface area contributed by atoms with Gasteiger partial charge in [-0.1, -0.05) is 0 Å². The van der Waals surface area contributed by atoms with Crippen molar-refractivity contribution in [3.8, 4) is 0 Å². The van der Waals surface area contributed by atoms with E-state index in [2.05, 4.69) is 49.3 Å². The summed E-state index contributed by atoms with van der Waals surface area (Å²) in [5.41, 5.74) is 4.55. The van der Waals surface area contributed by atoms with Crippen LogP contribution in [0.2, 0.25) is 0 Å². The molecule has 0 amide bonds. The van der Waals surface area contributed by atoms with Gasteiger partial charge in [0, 0.05) is 49.7 Å². The van der Waals surface area contributed by atoms with Crippen LogP contribution in [-0.4, -0.2) is 32.2 Å². The molecule has 3 heterocycles. The number of rotatable bonds is 5. The Morgan fingerprint density at radius 3 is 2.74 bits per heavy atom. The van der Waals surface area contributed by atoms with Gasteiger partial charge in [-0.2, -0.15) is 10.2 Å². The highest BCUT2D eigenvalue weighted by Crippen LogP contribution is 2.33. The maximum Gasteiger partial charge on any atom is 0.101 e. The summed E-state index contributed by atoms with van der Waals surface area (Å²) in [6, 6.07) is 2.78. The van der Waals surface area contributed by atoms with E-state index >= 15 is 0 Å². The minimum Gasteiger partial charge on any atom is -0.372 e. The van der Waals surface area contributed by atoms with Crippen molar-refractivity contribution in [2.45, 2.75) is 58.8 Å². The van der Waals surface area contributed by atoms with Crippen LogP contribution in [0.1, 0.15) is 55.1 Å². The smallest absolute Gasteiger partial charge is 0.101 e. The Morgan fingerprint density at radius 2 is 2.13 bits per heavy atom. The Morgan fingerprint density at radius 1 is 1.35 bits per heavy atom. The molecule has 1 aliphatic heterocycles. The van der Waals surface area contributed by atoms with E-state index in [0.29, 0.717) is 12.1 Å². The molecular weight excluding hydrogens is 290 g/mol. The van der Waals surface area contributed by atoms with Crippen LogP contribution in [0, 0.1) is 13.8 Å². The average Bonchev–Trinajstić information content (AvgIpc) is 3.18. The maximum atomic E-state index is 6.02. The molecular formula is C17H27N5O. The summed E-state index contributed by atoms with van der Waals surface area (Å²) in [4.78, 5) is 0. The van der Waals surface area contributed by atoms with Crippen LogP contribution < -0.4 is 5.32 Å². The monoisotopic (exact) mass is 317 g/mol. The first-order valence-electron chi connectivity index (χ1n) is 8.36. The van der Waals surface area contributed by atoms with Gasteiger partial charge >= 0.3 is 0 Å². The quantitative estimate of drug-likeness (QED) is 0.920. The second-order valence-corrected chi connectivity index (χ2v) is 6.66. The largest absolute Gasteiger partial charge is 0.372 e. The minimum atomic E-state index is 0.0795. The van der Waals surface area contributed by atoms with Gasteiger partial charge in [-0.15, -0.1) is 0 Å². The molecule has 23 heavy (non-hydrogen) atoms. The van der Waals surface area contributed by atoms with Crippen molar-refractivity contribution < 1.29 is 4.74 Å². The summed E-state index contributed by atoms with van der Waals surface area (Å²) in [6.07, 6.45) is 3.14. The van der Waals surface area contributed by atoms with Crippen LogP contribution in [0.25, 0.3) is 0 Å². The van der Waals surface area contributed by atoms with E-state index in [9.17, 15) is 0 Å². The highest BCUT2D eigenvalue weighted by molar-refractivity contribution is 5.29. The normalized spacial score (nSPS) is 21.5. The molecule has 3 rings (SSSR count). The number of ether oxygens (including phenoxy) is 1. The predicted molar refractivity (Wildman–Crippen MR) is 89.2 cm³/mol. The van der Waals surface area contributed by atoms with Crippen LogP contribution in [0.3, 0.4) is 0 Å². The van der Waals surface area contributed by atoms with Gasteiger partial charge in [-0.25, -0.2) is 0 Å². The molecule has 2 aromatic rings. The maximum absolute atomic E-state index is 6.02. The summed E-state index contributed by atoms with van der Waals surface area (Å²) in [5.74, 6) is 0. The van der Waals surface area contributed by atoms with Gasteiger partial charge in [-0.3, -0.25) is 9.36 Å². The molecule has 1 N–H and O–H groups in total. The van der Waals surface area contributed by atoms with E-state index in [-0.39, 0.29) is 6.10 Å². The average molecular weight is 317 g/mol. The van der Waals surface area contributed by atoms with Crippen molar-refractivity contribution in [1.82, 2.24) is 24.9 Å². The fraction of sp³-hybridized carbons (Fsp3) is 0.647. The topological polar surface area (TPSA) is 56.9 Å². The molecule has 0 aliphatic carbocycles. The van der Waals surface area contributed by atoms with E-state index in [1.807, 2.05) is 22.6 Å². The highest BCUT2D eigenvalue weighted by Gasteiger charge is 2.33. The molecule has 0 radical (unpaired) electrons. The second kappa shape index (κ2) is 6.45. The lowest BCUT2D eigenvalue weighted by atomic mass is 10.0. The predicted octanol–water partition coefficient (Wildman–Crippen LogP) is 2.43. The fourth-order valence-corrected chi connectivity index (χ4v) is 3.28. The molecule has 1 aliphatic rings. The molecule has 6 heteroatoms. The molecule has 0 saturated carbocycles. The van der Waals surface area contributed by atoms with Gasteiger partial charge in [0.1, 0.15) is 6.10 Å². The zero-order valence-electron chi connectivity index (χ0n) is 14.7. The summed E-state index contributed by atoms with van der Waals surface area (Å²) in [7, 11) is 1.99. The number of aromatic nitrogens is 4. The molecule has 2 atom stereocenters. The lowest BCUT2D eigenvalue weighted by molar-refractivity contribution is 0.0973. The molecule has 0 aromatic carbocycles.